The molecule has 2 aromatic carbocycles. The highest BCUT2D eigenvalue weighted by molar-refractivity contribution is 7.17. The SMILES string of the molecule is C/C=C\C=C/CCc1sc(Nc2ccc(Oc3ccccc3)cc2)c(C#N)c1N. The van der Waals surface area contributed by atoms with Crippen LogP contribution in [0.2, 0.25) is 0 Å². The van der Waals surface area contributed by atoms with Gasteiger partial charge in [-0.25, -0.2) is 0 Å². The van der Waals surface area contributed by atoms with Crippen molar-refractivity contribution in [2.75, 3.05) is 11.1 Å². The van der Waals surface area contributed by atoms with Gasteiger partial charge < -0.3 is 15.8 Å². The summed E-state index contributed by atoms with van der Waals surface area (Å²) in [4.78, 5) is 1.03. The molecule has 146 valence electrons. The minimum absolute atomic E-state index is 0.507. The van der Waals surface area contributed by atoms with E-state index in [9.17, 15) is 5.26 Å². The number of nitrogens with one attached hydrogen (secondary N) is 1. The lowest BCUT2D eigenvalue weighted by Crippen LogP contribution is -1.93. The zero-order chi connectivity index (χ0) is 20.5. The molecule has 3 aromatic rings. The Hall–Kier alpha value is -3.49. The lowest BCUT2D eigenvalue weighted by atomic mass is 10.2. The Morgan fingerprint density at radius 2 is 1.79 bits per heavy atom. The van der Waals surface area contributed by atoms with Crippen molar-refractivity contribution in [1.82, 2.24) is 0 Å². The van der Waals surface area contributed by atoms with Crippen LogP contribution in [0.25, 0.3) is 0 Å². The number of ether oxygens (including phenoxy) is 1. The van der Waals surface area contributed by atoms with E-state index in [4.69, 9.17) is 10.5 Å². The summed E-state index contributed by atoms with van der Waals surface area (Å²) >= 11 is 1.53. The maximum atomic E-state index is 9.53. The standard InChI is InChI=1S/C24H23N3OS/c1-2-3-4-5-9-12-22-23(26)21(17-25)24(29-22)27-18-13-15-20(16-14-18)28-19-10-7-6-8-11-19/h2-8,10-11,13-16,27H,9,12,26H2,1H3/b3-2-,5-4-. The molecule has 1 aromatic heterocycles. The number of nitrogen functional groups attached to an aromatic ring is 1. The Labute approximate surface area is 175 Å². The van der Waals surface area contributed by atoms with Gasteiger partial charge in [0.05, 0.1) is 5.69 Å². The van der Waals surface area contributed by atoms with Gasteiger partial charge in [0.1, 0.15) is 28.1 Å². The Kier molecular flexibility index (Phi) is 7.10. The first-order valence-corrected chi connectivity index (χ1v) is 10.2. The van der Waals surface area contributed by atoms with Crippen LogP contribution in [-0.4, -0.2) is 0 Å². The summed E-state index contributed by atoms with van der Waals surface area (Å²) in [6.45, 7) is 1.99. The van der Waals surface area contributed by atoms with Crippen LogP contribution in [0.15, 0.2) is 78.9 Å². The Morgan fingerprint density at radius 3 is 2.48 bits per heavy atom. The number of nitrogens with two attached hydrogens (primary N) is 1. The van der Waals surface area contributed by atoms with Gasteiger partial charge in [0.15, 0.2) is 0 Å². The van der Waals surface area contributed by atoms with Crippen molar-refractivity contribution < 1.29 is 4.74 Å². The van der Waals surface area contributed by atoms with E-state index in [0.29, 0.717) is 11.3 Å². The summed E-state index contributed by atoms with van der Waals surface area (Å²) in [5.41, 5.74) is 8.17. The molecule has 4 nitrogen and oxygen atoms in total. The number of hydrogen-bond donors (Lipinski definition) is 2. The molecule has 5 heteroatoms. The van der Waals surface area contributed by atoms with Crippen molar-refractivity contribution in [2.45, 2.75) is 19.8 Å². The van der Waals surface area contributed by atoms with E-state index in [2.05, 4.69) is 17.5 Å². The number of aryl methyl sites for hydroxylation is 1. The van der Waals surface area contributed by atoms with Crippen molar-refractivity contribution in [3.8, 4) is 17.6 Å². The average Bonchev–Trinajstić information content (AvgIpc) is 3.04. The van der Waals surface area contributed by atoms with E-state index in [1.807, 2.05) is 79.7 Å². The fourth-order valence-electron chi connectivity index (χ4n) is 2.74. The molecule has 0 bridgehead atoms. The summed E-state index contributed by atoms with van der Waals surface area (Å²) in [5.74, 6) is 1.54. The number of rotatable bonds is 8. The van der Waals surface area contributed by atoms with Crippen LogP contribution in [0, 0.1) is 11.3 Å². The number of nitriles is 1. The molecule has 0 atom stereocenters. The summed E-state index contributed by atoms with van der Waals surface area (Å²) in [6, 6.07) is 19.5. The van der Waals surface area contributed by atoms with Gasteiger partial charge >= 0.3 is 0 Å². The molecule has 0 saturated carbocycles. The number of allylic oxidation sites excluding steroid dienone is 4. The van der Waals surface area contributed by atoms with Gasteiger partial charge in [-0.15, -0.1) is 11.3 Å². The van der Waals surface area contributed by atoms with E-state index >= 15 is 0 Å². The molecule has 3 rings (SSSR count). The van der Waals surface area contributed by atoms with Crippen molar-refractivity contribution >= 4 is 27.7 Å². The van der Waals surface area contributed by atoms with Gasteiger partial charge in [0.25, 0.3) is 0 Å². The second-order valence-corrected chi connectivity index (χ2v) is 7.42. The van der Waals surface area contributed by atoms with Gasteiger partial charge in [-0.2, -0.15) is 5.26 Å². The molecule has 0 aliphatic heterocycles. The predicted octanol–water partition coefficient (Wildman–Crippen LogP) is 6.80. The van der Waals surface area contributed by atoms with Crippen LogP contribution in [0.3, 0.4) is 0 Å². The Balaban J connectivity index is 1.69. The van der Waals surface area contributed by atoms with Crippen molar-refractivity contribution in [3.63, 3.8) is 0 Å². The zero-order valence-electron chi connectivity index (χ0n) is 16.3. The molecule has 29 heavy (non-hydrogen) atoms. The molecular weight excluding hydrogens is 378 g/mol. The number of benzene rings is 2. The van der Waals surface area contributed by atoms with Crippen molar-refractivity contribution in [2.24, 2.45) is 0 Å². The first kappa shape index (κ1) is 20.2. The quantitative estimate of drug-likeness (QED) is 0.407. The molecular formula is C24H23N3OS. The van der Waals surface area contributed by atoms with E-state index in [-0.39, 0.29) is 0 Å². The minimum atomic E-state index is 0.507. The maximum absolute atomic E-state index is 9.53. The predicted molar refractivity (Wildman–Crippen MR) is 122 cm³/mol. The lowest BCUT2D eigenvalue weighted by Gasteiger charge is -2.08. The molecule has 0 radical (unpaired) electrons. The summed E-state index contributed by atoms with van der Waals surface area (Å²) < 4.78 is 5.82. The Morgan fingerprint density at radius 1 is 1.07 bits per heavy atom. The van der Waals surface area contributed by atoms with Crippen LogP contribution >= 0.6 is 11.3 Å². The van der Waals surface area contributed by atoms with E-state index < -0.39 is 0 Å². The summed E-state index contributed by atoms with van der Waals surface area (Å²) in [5, 5.41) is 13.6. The van der Waals surface area contributed by atoms with Gasteiger partial charge in [-0.05, 0) is 56.2 Å². The molecule has 1 heterocycles. The fourth-order valence-corrected chi connectivity index (χ4v) is 3.84. The highest BCUT2D eigenvalue weighted by Gasteiger charge is 2.15. The van der Waals surface area contributed by atoms with Crippen LogP contribution in [0.5, 0.6) is 11.5 Å². The van der Waals surface area contributed by atoms with Gasteiger partial charge in [-0.1, -0.05) is 42.5 Å². The van der Waals surface area contributed by atoms with Gasteiger partial charge in [0, 0.05) is 10.6 Å². The smallest absolute Gasteiger partial charge is 0.127 e. The largest absolute Gasteiger partial charge is 0.457 e. The maximum Gasteiger partial charge on any atom is 0.127 e. The van der Waals surface area contributed by atoms with Crippen LogP contribution in [0.1, 0.15) is 23.8 Å². The summed E-state index contributed by atoms with van der Waals surface area (Å²) in [6.07, 6.45) is 9.80. The summed E-state index contributed by atoms with van der Waals surface area (Å²) in [7, 11) is 0. The molecule has 0 aliphatic carbocycles. The molecule has 0 amide bonds. The monoisotopic (exact) mass is 401 g/mol. The normalized spacial score (nSPS) is 11.0. The van der Waals surface area contributed by atoms with E-state index in [1.165, 1.54) is 11.3 Å². The first-order valence-electron chi connectivity index (χ1n) is 9.40. The third kappa shape index (κ3) is 5.50. The molecule has 0 saturated heterocycles. The highest BCUT2D eigenvalue weighted by atomic mass is 32.1. The fraction of sp³-hybridized carbons (Fsp3) is 0.125. The first-order chi connectivity index (χ1) is 14.2. The van der Waals surface area contributed by atoms with Gasteiger partial charge in [-0.3, -0.25) is 0 Å². The van der Waals surface area contributed by atoms with Crippen LogP contribution in [-0.2, 0) is 6.42 Å². The average molecular weight is 402 g/mol. The second kappa shape index (κ2) is 10.2. The van der Waals surface area contributed by atoms with Crippen LogP contribution < -0.4 is 15.8 Å². The molecule has 0 aliphatic rings. The molecule has 0 fully saturated rings. The lowest BCUT2D eigenvalue weighted by molar-refractivity contribution is 0.483. The Bertz CT molecular complexity index is 1030. The third-order valence-electron chi connectivity index (χ3n) is 4.20. The van der Waals surface area contributed by atoms with Crippen molar-refractivity contribution in [1.29, 1.82) is 5.26 Å². The number of para-hydroxylation sites is 1. The van der Waals surface area contributed by atoms with Gasteiger partial charge in [0.2, 0.25) is 0 Å². The molecule has 0 unspecified atom stereocenters. The minimum Gasteiger partial charge on any atom is -0.457 e. The van der Waals surface area contributed by atoms with E-state index in [0.717, 1.165) is 39.9 Å². The zero-order valence-corrected chi connectivity index (χ0v) is 17.1. The number of hydrogen-bond acceptors (Lipinski definition) is 5. The highest BCUT2D eigenvalue weighted by Crippen LogP contribution is 2.38. The number of anilines is 3. The topological polar surface area (TPSA) is 71.1 Å². The van der Waals surface area contributed by atoms with Crippen LogP contribution in [0.4, 0.5) is 16.4 Å². The number of nitrogens with zero attached hydrogens (tertiary/aromatic N) is 1. The van der Waals surface area contributed by atoms with E-state index in [1.54, 1.807) is 0 Å². The molecule has 3 N–H and O–H groups in total. The second-order valence-electron chi connectivity index (χ2n) is 6.31. The molecule has 0 spiro atoms. The third-order valence-corrected chi connectivity index (χ3v) is 5.38. The number of thiophene rings is 1. The van der Waals surface area contributed by atoms with Crippen molar-refractivity contribution in [3.05, 3.63) is 89.3 Å².